The number of rotatable bonds is 4. The van der Waals surface area contributed by atoms with Gasteiger partial charge in [-0.2, -0.15) is 20.8 Å². The second kappa shape index (κ2) is 7.19. The van der Waals surface area contributed by atoms with Crippen LogP contribution in [-0.2, 0) is 0 Å². The van der Waals surface area contributed by atoms with E-state index < -0.39 is 12.0 Å². The summed E-state index contributed by atoms with van der Waals surface area (Å²) in [4.78, 5) is 0. The van der Waals surface area contributed by atoms with E-state index >= 15 is 0 Å². The zero-order valence-corrected chi connectivity index (χ0v) is 11.8. The summed E-state index contributed by atoms with van der Waals surface area (Å²) in [6, 6.07) is 19.4. The molecule has 0 saturated heterocycles. The highest BCUT2D eigenvalue weighted by Gasteiger charge is 2.22. The van der Waals surface area contributed by atoms with Gasteiger partial charge in [-0.25, -0.2) is 0 Å². The number of nitriles is 2. The van der Waals surface area contributed by atoms with Gasteiger partial charge in [0.1, 0.15) is 11.7 Å². The van der Waals surface area contributed by atoms with Crippen molar-refractivity contribution in [2.75, 3.05) is 0 Å². The predicted octanol–water partition coefficient (Wildman–Crippen LogP) is 4.83. The van der Waals surface area contributed by atoms with E-state index in [1.807, 2.05) is 42.5 Å². The normalized spacial score (nSPS) is 12.0. The van der Waals surface area contributed by atoms with Crippen LogP contribution >= 0.6 is 11.6 Å². The lowest BCUT2D eigenvalue weighted by atomic mass is 9.96. The third-order valence-corrected chi connectivity index (χ3v) is 3.20. The number of nitrogens with zero attached hydrogens (tertiary/aromatic N) is 4. The first-order chi connectivity index (χ1) is 10.3. The molecule has 21 heavy (non-hydrogen) atoms. The minimum absolute atomic E-state index is 0.471. The summed E-state index contributed by atoms with van der Waals surface area (Å²) in [5.74, 6) is -0.904. The molecule has 0 spiro atoms. The minimum Gasteiger partial charge on any atom is -0.197 e. The van der Waals surface area contributed by atoms with E-state index in [-0.39, 0.29) is 0 Å². The quantitative estimate of drug-likeness (QED) is 0.758. The Labute approximate surface area is 127 Å². The molecule has 0 amide bonds. The molecule has 1 atom stereocenters. The van der Waals surface area contributed by atoms with Gasteiger partial charge in [-0.1, -0.05) is 54.1 Å². The fraction of sp³-hybridized carbons (Fsp3) is 0.125. The second-order valence-electron chi connectivity index (χ2n) is 4.26. The Kier molecular flexibility index (Phi) is 5.04. The fourth-order valence-corrected chi connectivity index (χ4v) is 1.98. The van der Waals surface area contributed by atoms with Gasteiger partial charge in [-0.3, -0.25) is 0 Å². The highest BCUT2D eigenvalue weighted by molar-refractivity contribution is 6.32. The Morgan fingerprint density at radius 3 is 2.14 bits per heavy atom. The van der Waals surface area contributed by atoms with Crippen LogP contribution in [-0.4, -0.2) is 0 Å². The standard InChI is InChI=1S/C16H11ClN4/c17-14-8-4-5-9-15(14)20-21-16(13(10-18)11-19)12-6-2-1-3-7-12/h1-9,13,16H. The van der Waals surface area contributed by atoms with Gasteiger partial charge in [-0.15, -0.1) is 0 Å². The van der Waals surface area contributed by atoms with Crippen molar-refractivity contribution in [3.8, 4) is 12.1 Å². The van der Waals surface area contributed by atoms with E-state index in [1.165, 1.54) is 0 Å². The summed E-state index contributed by atoms with van der Waals surface area (Å²) in [6.45, 7) is 0. The molecule has 2 aromatic rings. The van der Waals surface area contributed by atoms with Crippen molar-refractivity contribution in [3.63, 3.8) is 0 Å². The Bertz CT molecular complexity index is 699. The van der Waals surface area contributed by atoms with Crippen LogP contribution in [0.1, 0.15) is 11.6 Å². The van der Waals surface area contributed by atoms with Gasteiger partial charge in [0.15, 0.2) is 5.92 Å². The van der Waals surface area contributed by atoms with Gasteiger partial charge < -0.3 is 0 Å². The molecule has 0 aliphatic carbocycles. The monoisotopic (exact) mass is 294 g/mol. The van der Waals surface area contributed by atoms with Crippen LogP contribution in [0.2, 0.25) is 5.02 Å². The van der Waals surface area contributed by atoms with Crippen molar-refractivity contribution in [3.05, 3.63) is 65.2 Å². The molecule has 0 heterocycles. The molecular weight excluding hydrogens is 284 g/mol. The summed E-state index contributed by atoms with van der Waals surface area (Å²) in [5, 5.41) is 26.9. The van der Waals surface area contributed by atoms with Crippen molar-refractivity contribution < 1.29 is 0 Å². The summed E-state index contributed by atoms with van der Waals surface area (Å²) < 4.78 is 0. The third-order valence-electron chi connectivity index (χ3n) is 2.88. The molecule has 2 rings (SSSR count). The Balaban J connectivity index is 2.36. The first kappa shape index (κ1) is 14.7. The van der Waals surface area contributed by atoms with E-state index in [4.69, 9.17) is 22.1 Å². The lowest BCUT2D eigenvalue weighted by Crippen LogP contribution is -2.06. The zero-order chi connectivity index (χ0) is 15.1. The van der Waals surface area contributed by atoms with E-state index in [2.05, 4.69) is 10.2 Å². The second-order valence-corrected chi connectivity index (χ2v) is 4.67. The molecule has 5 heteroatoms. The van der Waals surface area contributed by atoms with Crippen molar-refractivity contribution in [2.45, 2.75) is 6.04 Å². The average molecular weight is 295 g/mol. The van der Waals surface area contributed by atoms with Crippen LogP contribution in [0.15, 0.2) is 64.8 Å². The topological polar surface area (TPSA) is 72.3 Å². The van der Waals surface area contributed by atoms with Gasteiger partial charge in [0.05, 0.1) is 17.2 Å². The smallest absolute Gasteiger partial charge is 0.161 e. The number of azo groups is 1. The molecule has 0 N–H and O–H groups in total. The van der Waals surface area contributed by atoms with Crippen LogP contribution in [0.25, 0.3) is 0 Å². The van der Waals surface area contributed by atoms with Crippen molar-refractivity contribution in [1.29, 1.82) is 10.5 Å². The van der Waals surface area contributed by atoms with Gasteiger partial charge in [-0.05, 0) is 17.7 Å². The Morgan fingerprint density at radius 1 is 0.905 bits per heavy atom. The maximum atomic E-state index is 9.11. The van der Waals surface area contributed by atoms with Gasteiger partial charge in [0.25, 0.3) is 0 Å². The third kappa shape index (κ3) is 3.66. The van der Waals surface area contributed by atoms with E-state index in [9.17, 15) is 0 Å². The highest BCUT2D eigenvalue weighted by atomic mass is 35.5. The van der Waals surface area contributed by atoms with E-state index in [0.29, 0.717) is 10.7 Å². The maximum absolute atomic E-state index is 9.11. The van der Waals surface area contributed by atoms with E-state index in [1.54, 1.807) is 24.3 Å². The molecule has 0 radical (unpaired) electrons. The molecular formula is C16H11ClN4. The van der Waals surface area contributed by atoms with Crippen molar-refractivity contribution >= 4 is 17.3 Å². The molecule has 0 aliphatic rings. The van der Waals surface area contributed by atoms with Crippen LogP contribution in [0.4, 0.5) is 5.69 Å². The molecule has 4 nitrogen and oxygen atoms in total. The Morgan fingerprint density at radius 2 is 1.52 bits per heavy atom. The summed E-state index contributed by atoms with van der Waals surface area (Å²) in [6.07, 6.45) is 0. The highest BCUT2D eigenvalue weighted by Crippen LogP contribution is 2.30. The SMILES string of the molecule is N#CC(C#N)C(N=Nc1ccccc1Cl)c1ccccc1. The van der Waals surface area contributed by atoms with Gasteiger partial charge in [0, 0.05) is 0 Å². The molecule has 102 valence electrons. The molecule has 0 bridgehead atoms. The van der Waals surface area contributed by atoms with Gasteiger partial charge in [0.2, 0.25) is 0 Å². The van der Waals surface area contributed by atoms with Crippen molar-refractivity contribution in [2.24, 2.45) is 16.1 Å². The number of benzene rings is 2. The van der Waals surface area contributed by atoms with Gasteiger partial charge >= 0.3 is 0 Å². The van der Waals surface area contributed by atoms with Crippen molar-refractivity contribution in [1.82, 2.24) is 0 Å². The lowest BCUT2D eigenvalue weighted by molar-refractivity contribution is 0.612. The number of hydrogen-bond acceptors (Lipinski definition) is 4. The minimum atomic E-state index is -0.904. The summed E-state index contributed by atoms with van der Waals surface area (Å²) in [7, 11) is 0. The van der Waals surface area contributed by atoms with Crippen LogP contribution in [0.3, 0.4) is 0 Å². The number of hydrogen-bond donors (Lipinski definition) is 0. The largest absolute Gasteiger partial charge is 0.197 e. The molecule has 0 aromatic heterocycles. The fourth-order valence-electron chi connectivity index (χ4n) is 1.80. The molecule has 1 unspecified atom stereocenters. The van der Waals surface area contributed by atoms with Crippen LogP contribution < -0.4 is 0 Å². The molecule has 0 aliphatic heterocycles. The first-order valence-electron chi connectivity index (χ1n) is 6.26. The maximum Gasteiger partial charge on any atom is 0.161 e. The summed E-state index contributed by atoms with van der Waals surface area (Å²) in [5.41, 5.74) is 1.27. The molecule has 2 aromatic carbocycles. The molecule has 0 fully saturated rings. The Hall–Kier alpha value is -2.69. The van der Waals surface area contributed by atoms with E-state index in [0.717, 1.165) is 5.56 Å². The van der Waals surface area contributed by atoms with Crippen LogP contribution in [0, 0.1) is 28.6 Å². The number of halogens is 1. The predicted molar refractivity (Wildman–Crippen MR) is 79.9 cm³/mol. The lowest BCUT2D eigenvalue weighted by Gasteiger charge is -2.11. The zero-order valence-electron chi connectivity index (χ0n) is 11.0. The average Bonchev–Trinajstić information content (AvgIpc) is 2.54. The summed E-state index contributed by atoms with van der Waals surface area (Å²) >= 11 is 6.02. The van der Waals surface area contributed by atoms with Crippen LogP contribution in [0.5, 0.6) is 0 Å². The first-order valence-corrected chi connectivity index (χ1v) is 6.63. The molecule has 0 saturated carbocycles.